The van der Waals surface area contributed by atoms with Crippen molar-refractivity contribution in [2.45, 2.75) is 18.6 Å². The number of hydrogen-bond donors (Lipinski definition) is 1. The molecule has 1 atom stereocenters. The molecule has 0 aliphatic carbocycles. The lowest BCUT2D eigenvalue weighted by atomic mass is 10.3. The van der Waals surface area contributed by atoms with E-state index in [-0.39, 0.29) is 12.3 Å². The van der Waals surface area contributed by atoms with Gasteiger partial charge in [-0.15, -0.1) is 0 Å². The van der Waals surface area contributed by atoms with E-state index in [9.17, 15) is 9.59 Å². The summed E-state index contributed by atoms with van der Waals surface area (Å²) in [6.45, 7) is 1.96. The molecule has 6 heteroatoms. The molecule has 1 aliphatic heterocycles. The summed E-state index contributed by atoms with van der Waals surface area (Å²) < 4.78 is 0.693. The first-order chi connectivity index (χ1) is 6.13. The number of thioether (sulfide) groups is 2. The Bertz CT molecular complexity index is 264. The Morgan fingerprint density at radius 3 is 3.00 bits per heavy atom. The number of rotatable bonds is 3. The molecule has 0 saturated heterocycles. The van der Waals surface area contributed by atoms with E-state index in [4.69, 9.17) is 5.11 Å². The van der Waals surface area contributed by atoms with E-state index in [1.165, 1.54) is 23.5 Å². The lowest BCUT2D eigenvalue weighted by Crippen LogP contribution is -2.15. The van der Waals surface area contributed by atoms with Gasteiger partial charge < -0.3 is 5.11 Å². The fourth-order valence-corrected chi connectivity index (χ4v) is 2.98. The molecule has 1 aliphatic rings. The largest absolute Gasteiger partial charge is 0.481 e. The molecule has 13 heavy (non-hydrogen) atoms. The number of aliphatic imine (C=N–C) groups is 1. The number of amides is 1. The van der Waals surface area contributed by atoms with Gasteiger partial charge in [0.2, 0.25) is 0 Å². The molecule has 0 saturated carbocycles. The standard InChI is InChI=1S/C7H9NO3S2/c1-2-12-7-8-6(11)4(13-7)3-5(9)10/h4H,2-3H2,1H3,(H,9,10)/t4-/m0/s1. The SMILES string of the molecule is CCSC1=NC(=O)[C@H](CC(=O)O)S1. The molecule has 1 heterocycles. The number of nitrogens with zero attached hydrogens (tertiary/aromatic N) is 1. The molecule has 1 rings (SSSR count). The van der Waals surface area contributed by atoms with Gasteiger partial charge in [-0.05, 0) is 5.75 Å². The predicted molar refractivity (Wildman–Crippen MR) is 54.2 cm³/mol. The van der Waals surface area contributed by atoms with E-state index < -0.39 is 11.2 Å². The van der Waals surface area contributed by atoms with Crippen LogP contribution in [0, 0.1) is 0 Å². The summed E-state index contributed by atoms with van der Waals surface area (Å²) in [6, 6.07) is 0. The molecule has 0 aromatic carbocycles. The van der Waals surface area contributed by atoms with Crippen LogP contribution in [0.3, 0.4) is 0 Å². The first-order valence-corrected chi connectivity index (χ1v) is 5.63. The average Bonchev–Trinajstić information content (AvgIpc) is 2.31. The molecule has 1 amide bonds. The van der Waals surface area contributed by atoms with Crippen molar-refractivity contribution < 1.29 is 14.7 Å². The van der Waals surface area contributed by atoms with Crippen LogP contribution in [0.2, 0.25) is 0 Å². The first kappa shape index (κ1) is 10.6. The van der Waals surface area contributed by atoms with E-state index in [1.54, 1.807) is 0 Å². The zero-order chi connectivity index (χ0) is 9.84. The normalized spacial score (nSPS) is 21.8. The molecule has 0 fully saturated rings. The smallest absolute Gasteiger partial charge is 0.305 e. The molecule has 0 aromatic heterocycles. The summed E-state index contributed by atoms with van der Waals surface area (Å²) >= 11 is 2.73. The summed E-state index contributed by atoms with van der Waals surface area (Å²) in [6.07, 6.45) is -0.138. The summed E-state index contributed by atoms with van der Waals surface area (Å²) in [5, 5.41) is 7.98. The fraction of sp³-hybridized carbons (Fsp3) is 0.571. The fourth-order valence-electron chi connectivity index (χ4n) is 0.838. The molecule has 0 aromatic rings. The van der Waals surface area contributed by atoms with Crippen molar-refractivity contribution in [1.29, 1.82) is 0 Å². The molecule has 0 spiro atoms. The van der Waals surface area contributed by atoms with E-state index in [0.29, 0.717) is 4.38 Å². The van der Waals surface area contributed by atoms with Crippen LogP contribution in [-0.4, -0.2) is 32.4 Å². The Kier molecular flexibility index (Phi) is 3.80. The van der Waals surface area contributed by atoms with Crippen LogP contribution >= 0.6 is 23.5 Å². The van der Waals surface area contributed by atoms with Gasteiger partial charge in [0, 0.05) is 0 Å². The van der Waals surface area contributed by atoms with Gasteiger partial charge in [0.15, 0.2) is 0 Å². The van der Waals surface area contributed by atoms with E-state index >= 15 is 0 Å². The number of carbonyl (C=O) groups is 2. The Morgan fingerprint density at radius 1 is 1.77 bits per heavy atom. The quantitative estimate of drug-likeness (QED) is 0.772. The van der Waals surface area contributed by atoms with Gasteiger partial charge in [0.25, 0.3) is 5.91 Å². The predicted octanol–water partition coefficient (Wildman–Crippen LogP) is 1.21. The van der Waals surface area contributed by atoms with Gasteiger partial charge in [-0.3, -0.25) is 9.59 Å². The zero-order valence-corrected chi connectivity index (χ0v) is 8.65. The van der Waals surface area contributed by atoms with Gasteiger partial charge in [-0.1, -0.05) is 30.4 Å². The van der Waals surface area contributed by atoms with Crippen LogP contribution < -0.4 is 0 Å². The molecule has 0 bridgehead atoms. The second kappa shape index (κ2) is 4.66. The van der Waals surface area contributed by atoms with Crippen LogP contribution in [0.4, 0.5) is 0 Å². The van der Waals surface area contributed by atoms with Crippen LogP contribution in [0.25, 0.3) is 0 Å². The van der Waals surface area contributed by atoms with Gasteiger partial charge in [-0.2, -0.15) is 4.99 Å². The van der Waals surface area contributed by atoms with Crippen molar-refractivity contribution in [2.24, 2.45) is 4.99 Å². The van der Waals surface area contributed by atoms with Gasteiger partial charge in [0.1, 0.15) is 9.63 Å². The van der Waals surface area contributed by atoms with Crippen LogP contribution in [-0.2, 0) is 9.59 Å². The van der Waals surface area contributed by atoms with Crippen LogP contribution in [0.15, 0.2) is 4.99 Å². The monoisotopic (exact) mass is 219 g/mol. The zero-order valence-electron chi connectivity index (χ0n) is 7.02. The maximum atomic E-state index is 11.1. The maximum Gasteiger partial charge on any atom is 0.305 e. The highest BCUT2D eigenvalue weighted by atomic mass is 32.2. The lowest BCUT2D eigenvalue weighted by molar-refractivity contribution is -0.138. The highest BCUT2D eigenvalue weighted by molar-refractivity contribution is 8.39. The molecular formula is C7H9NO3S2. The highest BCUT2D eigenvalue weighted by Gasteiger charge is 2.30. The number of carboxylic acid groups (broad SMARTS) is 1. The van der Waals surface area contributed by atoms with E-state index in [1.807, 2.05) is 6.92 Å². The lowest BCUT2D eigenvalue weighted by Gasteiger charge is -2.00. The Hall–Kier alpha value is -0.490. The van der Waals surface area contributed by atoms with Gasteiger partial charge in [-0.25, -0.2) is 0 Å². The third kappa shape index (κ3) is 3.04. The maximum absolute atomic E-state index is 11.1. The molecule has 1 N–H and O–H groups in total. The third-order valence-corrected chi connectivity index (χ3v) is 3.56. The molecule has 0 unspecified atom stereocenters. The molecule has 4 nitrogen and oxygen atoms in total. The second-order valence-corrected chi connectivity index (χ2v) is 5.06. The Morgan fingerprint density at radius 2 is 2.46 bits per heavy atom. The number of carbonyl (C=O) groups excluding carboxylic acids is 1. The van der Waals surface area contributed by atoms with Crippen molar-refractivity contribution in [1.82, 2.24) is 0 Å². The van der Waals surface area contributed by atoms with Crippen molar-refractivity contribution in [3.05, 3.63) is 0 Å². The summed E-state index contributed by atoms with van der Waals surface area (Å²) in [5.74, 6) is -0.425. The van der Waals surface area contributed by atoms with Crippen LogP contribution in [0.5, 0.6) is 0 Å². The number of aliphatic carboxylic acids is 1. The number of carboxylic acids is 1. The average molecular weight is 219 g/mol. The number of hydrogen-bond acceptors (Lipinski definition) is 4. The molecule has 0 radical (unpaired) electrons. The van der Waals surface area contributed by atoms with Crippen molar-refractivity contribution >= 4 is 39.8 Å². The van der Waals surface area contributed by atoms with E-state index in [2.05, 4.69) is 4.99 Å². The topological polar surface area (TPSA) is 66.7 Å². The second-order valence-electron chi connectivity index (χ2n) is 2.35. The summed E-state index contributed by atoms with van der Waals surface area (Å²) in [7, 11) is 0. The molecular weight excluding hydrogens is 210 g/mol. The third-order valence-electron chi connectivity index (χ3n) is 1.35. The first-order valence-electron chi connectivity index (χ1n) is 3.77. The summed E-state index contributed by atoms with van der Waals surface area (Å²) in [5.41, 5.74) is 0. The minimum absolute atomic E-state index is 0.138. The minimum atomic E-state index is -0.955. The van der Waals surface area contributed by atoms with Crippen molar-refractivity contribution in [3.8, 4) is 0 Å². The highest BCUT2D eigenvalue weighted by Crippen LogP contribution is 2.30. The molecule has 72 valence electrons. The van der Waals surface area contributed by atoms with Gasteiger partial charge in [0.05, 0.1) is 6.42 Å². The van der Waals surface area contributed by atoms with Gasteiger partial charge >= 0.3 is 5.97 Å². The minimum Gasteiger partial charge on any atom is -0.481 e. The van der Waals surface area contributed by atoms with Crippen molar-refractivity contribution in [3.63, 3.8) is 0 Å². The Balaban J connectivity index is 2.49. The van der Waals surface area contributed by atoms with Crippen LogP contribution in [0.1, 0.15) is 13.3 Å². The van der Waals surface area contributed by atoms with E-state index in [0.717, 1.165) is 5.75 Å². The Labute approximate surface area is 84.2 Å². The van der Waals surface area contributed by atoms with Crippen molar-refractivity contribution in [2.75, 3.05) is 5.75 Å². The summed E-state index contributed by atoms with van der Waals surface area (Å²) in [4.78, 5) is 25.2.